The first-order chi connectivity index (χ1) is 9.91. The normalized spacial score (nSPS) is 20.5. The molecule has 2 rings (SSSR count). The van der Waals surface area contributed by atoms with Crippen LogP contribution in [-0.2, 0) is 21.2 Å². The fourth-order valence-corrected chi connectivity index (χ4v) is 4.60. The number of aromatic nitrogens is 3. The Labute approximate surface area is 126 Å². The molecule has 1 aliphatic heterocycles. The quantitative estimate of drug-likeness (QED) is 0.670. The first-order valence-corrected chi connectivity index (χ1v) is 9.50. The molecule has 0 unspecified atom stereocenters. The first-order valence-electron chi connectivity index (χ1n) is 6.69. The third kappa shape index (κ3) is 4.34. The highest BCUT2D eigenvalue weighted by molar-refractivity contribution is 7.99. The fourth-order valence-electron chi connectivity index (χ4n) is 2.14. The Kier molecular flexibility index (Phi) is 5.09. The minimum atomic E-state index is -3.00. The second-order valence-electron chi connectivity index (χ2n) is 4.92. The smallest absolute Gasteiger partial charge is 0.343 e. The Morgan fingerprint density at radius 3 is 2.95 bits per heavy atom. The summed E-state index contributed by atoms with van der Waals surface area (Å²) in [4.78, 5) is 23.3. The van der Waals surface area contributed by atoms with Gasteiger partial charge in [-0.2, -0.15) is 0 Å². The molecule has 0 aliphatic carbocycles. The summed E-state index contributed by atoms with van der Waals surface area (Å²) in [7, 11) is -3.00. The second kappa shape index (κ2) is 6.65. The number of aromatic amines is 1. The number of nitrogens with one attached hydrogen (secondary N) is 2. The van der Waals surface area contributed by atoms with Gasteiger partial charge in [-0.15, -0.1) is 5.10 Å². The summed E-state index contributed by atoms with van der Waals surface area (Å²) < 4.78 is 24.1. The van der Waals surface area contributed by atoms with Crippen molar-refractivity contribution in [3.8, 4) is 0 Å². The Balaban J connectivity index is 1.86. The number of thioether (sulfide) groups is 1. The molecule has 1 aliphatic rings. The molecule has 1 atom stereocenters. The molecule has 118 valence electrons. The third-order valence-electron chi connectivity index (χ3n) is 3.10. The highest BCUT2D eigenvalue weighted by Crippen LogP contribution is 2.15. The van der Waals surface area contributed by atoms with E-state index in [1.165, 1.54) is 4.57 Å². The Bertz CT molecular complexity index is 664. The SMILES string of the molecule is CCCn1c(SCC(=O)N[C@@H]2CCS(=O)(=O)C2)n[nH]c1=O. The zero-order valence-corrected chi connectivity index (χ0v) is 13.3. The van der Waals surface area contributed by atoms with Gasteiger partial charge in [0, 0.05) is 12.6 Å². The van der Waals surface area contributed by atoms with Gasteiger partial charge in [-0.05, 0) is 12.8 Å². The van der Waals surface area contributed by atoms with Crippen molar-refractivity contribution in [3.63, 3.8) is 0 Å². The molecule has 1 fully saturated rings. The second-order valence-corrected chi connectivity index (χ2v) is 8.09. The molecule has 1 aromatic heterocycles. The lowest BCUT2D eigenvalue weighted by molar-refractivity contribution is -0.119. The number of amides is 1. The average Bonchev–Trinajstić information content (AvgIpc) is 2.92. The van der Waals surface area contributed by atoms with Crippen LogP contribution < -0.4 is 11.0 Å². The van der Waals surface area contributed by atoms with Crippen LogP contribution in [-0.4, -0.2) is 52.4 Å². The lowest BCUT2D eigenvalue weighted by Crippen LogP contribution is -2.36. The van der Waals surface area contributed by atoms with E-state index in [0.717, 1.165) is 18.2 Å². The number of carbonyl (C=O) groups is 1. The van der Waals surface area contributed by atoms with Crippen molar-refractivity contribution in [2.45, 2.75) is 37.5 Å². The number of sulfone groups is 1. The van der Waals surface area contributed by atoms with Gasteiger partial charge in [0.1, 0.15) is 0 Å². The van der Waals surface area contributed by atoms with Crippen molar-refractivity contribution in [3.05, 3.63) is 10.5 Å². The molecule has 2 heterocycles. The van der Waals surface area contributed by atoms with Gasteiger partial charge in [0.05, 0.1) is 17.3 Å². The standard InChI is InChI=1S/C11H18N4O4S2/c1-2-4-15-10(17)13-14-11(15)20-6-9(16)12-8-3-5-21(18,19)7-8/h8H,2-7H2,1H3,(H,12,16)(H,13,17)/t8-/m1/s1. The van der Waals surface area contributed by atoms with Gasteiger partial charge in [-0.3, -0.25) is 9.36 Å². The molecule has 1 amide bonds. The molecule has 1 aromatic rings. The fraction of sp³-hybridized carbons (Fsp3) is 0.727. The number of nitrogens with zero attached hydrogens (tertiary/aromatic N) is 2. The van der Waals surface area contributed by atoms with E-state index >= 15 is 0 Å². The molecule has 0 aromatic carbocycles. The molecule has 0 bridgehead atoms. The van der Waals surface area contributed by atoms with Crippen molar-refractivity contribution in [2.75, 3.05) is 17.3 Å². The van der Waals surface area contributed by atoms with Gasteiger partial charge in [0.15, 0.2) is 15.0 Å². The van der Waals surface area contributed by atoms with Crippen LogP contribution in [0, 0.1) is 0 Å². The topological polar surface area (TPSA) is 114 Å². The molecular formula is C11H18N4O4S2. The maximum Gasteiger partial charge on any atom is 0.343 e. The average molecular weight is 334 g/mol. The lowest BCUT2D eigenvalue weighted by atomic mass is 10.3. The maximum absolute atomic E-state index is 11.8. The van der Waals surface area contributed by atoms with Crippen molar-refractivity contribution >= 4 is 27.5 Å². The zero-order chi connectivity index (χ0) is 15.5. The molecule has 1 saturated heterocycles. The maximum atomic E-state index is 11.8. The first kappa shape index (κ1) is 16.1. The summed E-state index contributed by atoms with van der Waals surface area (Å²) in [6.07, 6.45) is 1.25. The van der Waals surface area contributed by atoms with Gasteiger partial charge >= 0.3 is 5.69 Å². The van der Waals surface area contributed by atoms with Gasteiger partial charge in [-0.1, -0.05) is 18.7 Å². The number of hydrogen-bond donors (Lipinski definition) is 2. The van der Waals surface area contributed by atoms with Crippen LogP contribution >= 0.6 is 11.8 Å². The lowest BCUT2D eigenvalue weighted by Gasteiger charge is -2.10. The predicted octanol–water partition coefficient (Wildman–Crippen LogP) is -0.623. The molecular weight excluding hydrogens is 316 g/mol. The van der Waals surface area contributed by atoms with E-state index < -0.39 is 9.84 Å². The van der Waals surface area contributed by atoms with Crippen LogP contribution in [0.25, 0.3) is 0 Å². The summed E-state index contributed by atoms with van der Waals surface area (Å²) in [6, 6.07) is -0.305. The molecule has 0 spiro atoms. The summed E-state index contributed by atoms with van der Waals surface area (Å²) in [5.41, 5.74) is -0.290. The van der Waals surface area contributed by atoms with Crippen LogP contribution in [0.3, 0.4) is 0 Å². The van der Waals surface area contributed by atoms with Crippen LogP contribution in [0.5, 0.6) is 0 Å². The van der Waals surface area contributed by atoms with Crippen LogP contribution in [0.4, 0.5) is 0 Å². The summed E-state index contributed by atoms with van der Waals surface area (Å²) >= 11 is 1.16. The number of rotatable bonds is 6. The van der Waals surface area contributed by atoms with Crippen molar-refractivity contribution in [1.82, 2.24) is 20.1 Å². The summed E-state index contributed by atoms with van der Waals surface area (Å²) in [5, 5.41) is 9.40. The number of hydrogen-bond acceptors (Lipinski definition) is 6. The molecule has 0 radical (unpaired) electrons. The zero-order valence-electron chi connectivity index (χ0n) is 11.7. The molecule has 8 nitrogen and oxygen atoms in total. The van der Waals surface area contributed by atoms with Crippen molar-refractivity contribution < 1.29 is 13.2 Å². The van der Waals surface area contributed by atoms with E-state index in [1.54, 1.807) is 0 Å². The molecule has 21 heavy (non-hydrogen) atoms. The van der Waals surface area contributed by atoms with Gasteiger partial charge in [0.2, 0.25) is 5.91 Å². The minimum Gasteiger partial charge on any atom is -0.352 e. The molecule has 0 saturated carbocycles. The van der Waals surface area contributed by atoms with Crippen LogP contribution in [0.2, 0.25) is 0 Å². The van der Waals surface area contributed by atoms with E-state index in [0.29, 0.717) is 18.1 Å². The Hall–Kier alpha value is -1.29. The van der Waals surface area contributed by atoms with Crippen LogP contribution in [0.1, 0.15) is 19.8 Å². The van der Waals surface area contributed by atoms with Gasteiger partial charge in [0.25, 0.3) is 0 Å². The van der Waals surface area contributed by atoms with E-state index in [4.69, 9.17) is 0 Å². The minimum absolute atomic E-state index is 0.00630. The number of carbonyl (C=O) groups excluding carboxylic acids is 1. The highest BCUT2D eigenvalue weighted by Gasteiger charge is 2.28. The third-order valence-corrected chi connectivity index (χ3v) is 5.84. The molecule has 10 heteroatoms. The van der Waals surface area contributed by atoms with E-state index in [9.17, 15) is 18.0 Å². The predicted molar refractivity (Wildman–Crippen MR) is 79.1 cm³/mol. The Morgan fingerprint density at radius 2 is 2.33 bits per heavy atom. The highest BCUT2D eigenvalue weighted by atomic mass is 32.2. The van der Waals surface area contributed by atoms with Crippen molar-refractivity contribution in [2.24, 2.45) is 0 Å². The van der Waals surface area contributed by atoms with E-state index in [-0.39, 0.29) is 34.9 Å². The Morgan fingerprint density at radius 1 is 1.57 bits per heavy atom. The van der Waals surface area contributed by atoms with Crippen LogP contribution in [0.15, 0.2) is 9.95 Å². The van der Waals surface area contributed by atoms with Gasteiger partial charge in [-0.25, -0.2) is 18.3 Å². The van der Waals surface area contributed by atoms with Gasteiger partial charge < -0.3 is 5.32 Å². The number of H-pyrrole nitrogens is 1. The largest absolute Gasteiger partial charge is 0.352 e. The van der Waals surface area contributed by atoms with E-state index in [2.05, 4.69) is 15.5 Å². The summed E-state index contributed by atoms with van der Waals surface area (Å²) in [5.74, 6) is -0.0159. The molecule has 2 N–H and O–H groups in total. The monoisotopic (exact) mass is 334 g/mol. The van der Waals surface area contributed by atoms with E-state index in [1.807, 2.05) is 6.92 Å². The van der Waals surface area contributed by atoms with Crippen molar-refractivity contribution in [1.29, 1.82) is 0 Å². The summed E-state index contributed by atoms with van der Waals surface area (Å²) in [6.45, 7) is 2.49.